The van der Waals surface area contributed by atoms with E-state index in [-0.39, 0.29) is 24.6 Å². The van der Waals surface area contributed by atoms with Crippen LogP contribution in [0.25, 0.3) is 0 Å². The normalized spacial score (nSPS) is 13.9. The largest absolute Gasteiger partial charge is 0.399 e. The number of carbonyl (C=O) groups is 1. The number of anilines is 1. The van der Waals surface area contributed by atoms with Crippen LogP contribution in [0.3, 0.4) is 0 Å². The zero-order valence-electron chi connectivity index (χ0n) is 10.4. The Bertz CT molecular complexity index is 445. The van der Waals surface area contributed by atoms with E-state index in [2.05, 4.69) is 5.32 Å². The van der Waals surface area contributed by atoms with Gasteiger partial charge in [-0.15, -0.1) is 0 Å². The van der Waals surface area contributed by atoms with E-state index < -0.39 is 29.4 Å². The first kappa shape index (κ1) is 15.3. The number of hydrogen-bond donors (Lipinski definition) is 4. The zero-order chi connectivity index (χ0) is 14.6. The van der Waals surface area contributed by atoms with Crippen LogP contribution in [0.2, 0.25) is 0 Å². The van der Waals surface area contributed by atoms with Gasteiger partial charge in [0.2, 0.25) is 5.91 Å². The second-order valence-electron chi connectivity index (χ2n) is 4.18. The van der Waals surface area contributed by atoms with Crippen LogP contribution in [-0.4, -0.2) is 28.8 Å². The fourth-order valence-electron chi connectivity index (χ4n) is 1.63. The Morgan fingerprint density at radius 1 is 1.37 bits per heavy atom. The van der Waals surface area contributed by atoms with Crippen molar-refractivity contribution in [3.8, 4) is 0 Å². The highest BCUT2D eigenvalue weighted by Crippen LogP contribution is 2.26. The minimum absolute atomic E-state index is 0.0377. The molecule has 0 spiro atoms. The summed E-state index contributed by atoms with van der Waals surface area (Å²) >= 11 is 0. The van der Waals surface area contributed by atoms with E-state index in [1.54, 1.807) is 0 Å². The average Bonchev–Trinajstić information content (AvgIpc) is 2.26. The third kappa shape index (κ3) is 4.15. The Kier molecular flexibility index (Phi) is 5.20. The summed E-state index contributed by atoms with van der Waals surface area (Å²) in [4.78, 5) is 10.6. The van der Waals surface area contributed by atoms with Crippen LogP contribution < -0.4 is 11.1 Å². The van der Waals surface area contributed by atoms with Gasteiger partial charge in [0.15, 0.2) is 0 Å². The monoisotopic (exact) mass is 274 g/mol. The van der Waals surface area contributed by atoms with Crippen LogP contribution in [0.15, 0.2) is 12.1 Å². The van der Waals surface area contributed by atoms with Gasteiger partial charge in [0.25, 0.3) is 0 Å². The van der Waals surface area contributed by atoms with Gasteiger partial charge < -0.3 is 21.3 Å². The van der Waals surface area contributed by atoms with Crippen molar-refractivity contribution in [2.45, 2.75) is 25.6 Å². The van der Waals surface area contributed by atoms with Crippen molar-refractivity contribution in [3.63, 3.8) is 0 Å². The fourth-order valence-corrected chi connectivity index (χ4v) is 1.63. The Balaban J connectivity index is 2.76. The Hall–Kier alpha value is -1.73. The second kappa shape index (κ2) is 6.44. The van der Waals surface area contributed by atoms with Crippen molar-refractivity contribution in [1.29, 1.82) is 0 Å². The second-order valence-corrected chi connectivity index (χ2v) is 4.18. The molecular weight excluding hydrogens is 258 g/mol. The molecule has 106 valence electrons. The number of hydrogen-bond acceptors (Lipinski definition) is 4. The van der Waals surface area contributed by atoms with Crippen molar-refractivity contribution in [3.05, 3.63) is 29.3 Å². The number of nitrogens with one attached hydrogen (secondary N) is 1. The summed E-state index contributed by atoms with van der Waals surface area (Å²) in [5.74, 6) is -2.35. The number of amides is 1. The average molecular weight is 274 g/mol. The van der Waals surface area contributed by atoms with Crippen molar-refractivity contribution < 1.29 is 23.8 Å². The third-order valence-electron chi connectivity index (χ3n) is 2.58. The number of carbonyl (C=O) groups excluding carboxylic acids is 1. The number of nitrogens with two attached hydrogens (primary N) is 1. The first-order valence-corrected chi connectivity index (χ1v) is 5.68. The van der Waals surface area contributed by atoms with E-state index in [0.29, 0.717) is 0 Å². The summed E-state index contributed by atoms with van der Waals surface area (Å²) in [5.41, 5.74) is 4.50. The Morgan fingerprint density at radius 3 is 2.37 bits per heavy atom. The van der Waals surface area contributed by atoms with Crippen LogP contribution in [0.1, 0.15) is 25.0 Å². The van der Waals surface area contributed by atoms with Gasteiger partial charge in [0.05, 0.1) is 11.7 Å². The molecule has 0 aliphatic carbocycles. The van der Waals surface area contributed by atoms with E-state index in [1.165, 1.54) is 6.92 Å². The number of benzene rings is 1. The highest BCUT2D eigenvalue weighted by Gasteiger charge is 2.25. The van der Waals surface area contributed by atoms with E-state index in [9.17, 15) is 23.8 Å². The molecule has 5 nitrogen and oxygen atoms in total. The van der Waals surface area contributed by atoms with Gasteiger partial charge in [0.1, 0.15) is 17.7 Å². The lowest BCUT2D eigenvalue weighted by Gasteiger charge is -2.19. The molecule has 5 N–H and O–H groups in total. The number of nitrogen functional groups attached to an aromatic ring is 1. The molecule has 0 heterocycles. The summed E-state index contributed by atoms with van der Waals surface area (Å²) in [5, 5.41) is 21.8. The molecule has 0 fully saturated rings. The molecule has 1 aromatic carbocycles. The predicted octanol–water partition coefficient (Wildman–Crippen LogP) is 0.467. The van der Waals surface area contributed by atoms with Gasteiger partial charge in [0, 0.05) is 19.2 Å². The quantitative estimate of drug-likeness (QED) is 0.587. The minimum atomic E-state index is -1.73. The first-order chi connectivity index (χ1) is 8.82. The van der Waals surface area contributed by atoms with Crippen LogP contribution in [-0.2, 0) is 4.79 Å². The topological polar surface area (TPSA) is 95.6 Å². The van der Waals surface area contributed by atoms with Crippen molar-refractivity contribution in [2.24, 2.45) is 0 Å². The molecule has 0 saturated carbocycles. The summed E-state index contributed by atoms with van der Waals surface area (Å²) in [6, 6.07) is 1.73. The van der Waals surface area contributed by atoms with E-state index in [1.807, 2.05) is 0 Å². The minimum Gasteiger partial charge on any atom is -0.399 e. The van der Waals surface area contributed by atoms with E-state index in [0.717, 1.165) is 12.1 Å². The molecule has 2 atom stereocenters. The number of rotatable bonds is 5. The standard InChI is InChI=1S/C12H16F2N2O3/c1-6(17)16-3-2-10(18)12(19)11-8(13)4-7(15)5-9(11)14/h4-5,10,12,18-19H,2-3,15H2,1H3,(H,16,17). The van der Waals surface area contributed by atoms with Crippen LogP contribution >= 0.6 is 0 Å². The molecule has 7 heteroatoms. The lowest BCUT2D eigenvalue weighted by atomic mass is 10.0. The number of aliphatic hydroxyl groups excluding tert-OH is 2. The first-order valence-electron chi connectivity index (χ1n) is 5.68. The van der Waals surface area contributed by atoms with E-state index in [4.69, 9.17) is 5.73 Å². The summed E-state index contributed by atoms with van der Waals surface area (Å²) in [6.07, 6.45) is -3.17. The van der Waals surface area contributed by atoms with Gasteiger partial charge in [-0.05, 0) is 18.6 Å². The molecule has 0 saturated heterocycles. The van der Waals surface area contributed by atoms with Crippen molar-refractivity contribution in [2.75, 3.05) is 12.3 Å². The smallest absolute Gasteiger partial charge is 0.216 e. The molecule has 1 amide bonds. The molecule has 2 unspecified atom stereocenters. The molecule has 0 bridgehead atoms. The Labute approximate surface area is 109 Å². The summed E-state index contributed by atoms with van der Waals surface area (Å²) in [6.45, 7) is 1.38. The molecule has 1 aromatic rings. The van der Waals surface area contributed by atoms with Crippen LogP contribution in [0.5, 0.6) is 0 Å². The number of aliphatic hydroxyl groups is 2. The van der Waals surface area contributed by atoms with Gasteiger partial charge in [-0.25, -0.2) is 8.78 Å². The zero-order valence-corrected chi connectivity index (χ0v) is 10.4. The lowest BCUT2D eigenvalue weighted by Crippen LogP contribution is -2.28. The Morgan fingerprint density at radius 2 is 1.89 bits per heavy atom. The van der Waals surface area contributed by atoms with Crippen molar-refractivity contribution >= 4 is 11.6 Å². The predicted molar refractivity (Wildman–Crippen MR) is 65.0 cm³/mol. The van der Waals surface area contributed by atoms with Crippen LogP contribution in [0.4, 0.5) is 14.5 Å². The van der Waals surface area contributed by atoms with Gasteiger partial charge in [-0.1, -0.05) is 0 Å². The molecule has 1 rings (SSSR count). The maximum Gasteiger partial charge on any atom is 0.216 e. The molecule has 19 heavy (non-hydrogen) atoms. The maximum absolute atomic E-state index is 13.5. The summed E-state index contributed by atoms with van der Waals surface area (Å²) < 4.78 is 27.0. The van der Waals surface area contributed by atoms with Gasteiger partial charge >= 0.3 is 0 Å². The van der Waals surface area contributed by atoms with Crippen LogP contribution in [0, 0.1) is 11.6 Å². The molecular formula is C12H16F2N2O3. The SMILES string of the molecule is CC(=O)NCCC(O)C(O)c1c(F)cc(N)cc1F. The lowest BCUT2D eigenvalue weighted by molar-refractivity contribution is -0.119. The van der Waals surface area contributed by atoms with E-state index >= 15 is 0 Å². The number of halogens is 2. The molecule has 0 aliphatic heterocycles. The van der Waals surface area contributed by atoms with Gasteiger partial charge in [-0.3, -0.25) is 4.79 Å². The third-order valence-corrected chi connectivity index (χ3v) is 2.58. The summed E-state index contributed by atoms with van der Waals surface area (Å²) in [7, 11) is 0. The fraction of sp³-hybridized carbons (Fsp3) is 0.417. The highest BCUT2D eigenvalue weighted by atomic mass is 19.1. The highest BCUT2D eigenvalue weighted by molar-refractivity contribution is 5.72. The maximum atomic E-state index is 13.5. The van der Waals surface area contributed by atoms with Crippen molar-refractivity contribution in [1.82, 2.24) is 5.32 Å². The molecule has 0 aromatic heterocycles. The molecule has 0 radical (unpaired) electrons. The molecule has 0 aliphatic rings. The van der Waals surface area contributed by atoms with Gasteiger partial charge in [-0.2, -0.15) is 0 Å².